The third-order valence-electron chi connectivity index (χ3n) is 3.56. The van der Waals surface area contributed by atoms with Crippen molar-refractivity contribution in [2.75, 3.05) is 19.8 Å². The summed E-state index contributed by atoms with van der Waals surface area (Å²) in [6.07, 6.45) is 3.06. The first-order valence-corrected chi connectivity index (χ1v) is 8.44. The van der Waals surface area contributed by atoms with Crippen LogP contribution in [0.15, 0.2) is 54.6 Å². The lowest BCUT2D eigenvalue weighted by atomic mass is 10.1. The van der Waals surface area contributed by atoms with Gasteiger partial charge in [-0.1, -0.05) is 30.3 Å². The number of ether oxygens (including phenoxy) is 2. The minimum atomic E-state index is -0.0939. The third-order valence-corrected chi connectivity index (χ3v) is 3.56. The van der Waals surface area contributed by atoms with Crippen LogP contribution in [0.3, 0.4) is 0 Å². The normalized spacial score (nSPS) is 10.2. The average Bonchev–Trinajstić information content (AvgIpc) is 2.62. The van der Waals surface area contributed by atoms with E-state index in [2.05, 4.69) is 29.6 Å². The second-order valence-corrected chi connectivity index (χ2v) is 5.49. The molecule has 24 heavy (non-hydrogen) atoms. The Bertz CT molecular complexity index is 596. The number of aryl methyl sites for hydroxylation is 1. The summed E-state index contributed by atoms with van der Waals surface area (Å²) >= 11 is 0. The predicted molar refractivity (Wildman–Crippen MR) is 95.5 cm³/mol. The summed E-state index contributed by atoms with van der Waals surface area (Å²) in [7, 11) is 0. The largest absolute Gasteiger partial charge is 0.494 e. The van der Waals surface area contributed by atoms with E-state index in [4.69, 9.17) is 9.47 Å². The minimum Gasteiger partial charge on any atom is -0.494 e. The van der Waals surface area contributed by atoms with E-state index in [1.165, 1.54) is 5.56 Å². The molecular formula is C20H25NO3. The molecular weight excluding hydrogens is 302 g/mol. The van der Waals surface area contributed by atoms with Gasteiger partial charge in [0.1, 0.15) is 11.5 Å². The van der Waals surface area contributed by atoms with Crippen LogP contribution in [-0.4, -0.2) is 25.7 Å². The molecule has 2 rings (SSSR count). The molecule has 0 aromatic heterocycles. The fraction of sp³-hybridized carbons (Fsp3) is 0.350. The zero-order valence-electron chi connectivity index (χ0n) is 14.2. The Morgan fingerprint density at radius 3 is 2.25 bits per heavy atom. The van der Waals surface area contributed by atoms with Gasteiger partial charge in [-0.2, -0.15) is 0 Å². The number of amides is 1. The number of carbonyl (C=O) groups is 1. The maximum absolute atomic E-state index is 11.8. The van der Waals surface area contributed by atoms with Crippen molar-refractivity contribution >= 4 is 5.91 Å². The van der Waals surface area contributed by atoms with Gasteiger partial charge in [0.05, 0.1) is 6.61 Å². The molecule has 128 valence electrons. The predicted octanol–water partition coefficient (Wildman–Crippen LogP) is 3.60. The van der Waals surface area contributed by atoms with Gasteiger partial charge >= 0.3 is 0 Å². The molecule has 1 amide bonds. The Morgan fingerprint density at radius 2 is 1.58 bits per heavy atom. The van der Waals surface area contributed by atoms with Crippen LogP contribution in [0.5, 0.6) is 11.5 Å². The monoisotopic (exact) mass is 327 g/mol. The lowest BCUT2D eigenvalue weighted by molar-refractivity contribution is -0.123. The molecule has 1 N–H and O–H groups in total. The van der Waals surface area contributed by atoms with E-state index >= 15 is 0 Å². The second-order valence-electron chi connectivity index (χ2n) is 5.49. The van der Waals surface area contributed by atoms with Crippen molar-refractivity contribution in [3.8, 4) is 11.5 Å². The fourth-order valence-electron chi connectivity index (χ4n) is 2.33. The van der Waals surface area contributed by atoms with E-state index in [1.54, 1.807) is 12.1 Å². The van der Waals surface area contributed by atoms with Gasteiger partial charge in [-0.15, -0.1) is 0 Å². The van der Waals surface area contributed by atoms with Gasteiger partial charge in [0.2, 0.25) is 0 Å². The Hall–Kier alpha value is -2.49. The van der Waals surface area contributed by atoms with Gasteiger partial charge in [-0.05, 0) is 56.0 Å². The summed E-state index contributed by atoms with van der Waals surface area (Å²) in [5.74, 6) is 1.37. The Labute approximate surface area is 143 Å². The number of unbranched alkanes of at least 4 members (excludes halogenated alkanes) is 1. The number of rotatable bonds is 10. The van der Waals surface area contributed by atoms with Crippen molar-refractivity contribution in [1.29, 1.82) is 0 Å². The summed E-state index contributed by atoms with van der Waals surface area (Å²) in [6, 6.07) is 17.7. The summed E-state index contributed by atoms with van der Waals surface area (Å²) < 4.78 is 10.8. The van der Waals surface area contributed by atoms with E-state index in [0.717, 1.165) is 25.0 Å². The lowest BCUT2D eigenvalue weighted by Crippen LogP contribution is -2.29. The van der Waals surface area contributed by atoms with Gasteiger partial charge in [0.25, 0.3) is 5.91 Å². The summed E-state index contributed by atoms with van der Waals surface area (Å²) in [4.78, 5) is 11.8. The first-order chi connectivity index (χ1) is 11.8. The van der Waals surface area contributed by atoms with Gasteiger partial charge in [-0.3, -0.25) is 4.79 Å². The maximum Gasteiger partial charge on any atom is 0.257 e. The molecule has 0 fully saturated rings. The van der Waals surface area contributed by atoms with Gasteiger partial charge < -0.3 is 14.8 Å². The van der Waals surface area contributed by atoms with E-state index < -0.39 is 0 Å². The van der Waals surface area contributed by atoms with Crippen LogP contribution in [0.1, 0.15) is 25.3 Å². The zero-order valence-corrected chi connectivity index (χ0v) is 14.2. The number of hydrogen-bond donors (Lipinski definition) is 1. The van der Waals surface area contributed by atoms with Crippen molar-refractivity contribution in [3.63, 3.8) is 0 Å². The molecule has 0 bridgehead atoms. The molecule has 4 nitrogen and oxygen atoms in total. The zero-order chi connectivity index (χ0) is 17.0. The Balaban J connectivity index is 1.56. The van der Waals surface area contributed by atoms with Crippen LogP contribution in [0.4, 0.5) is 0 Å². The molecule has 2 aromatic rings. The highest BCUT2D eigenvalue weighted by Gasteiger charge is 2.02. The van der Waals surface area contributed by atoms with E-state index in [1.807, 2.05) is 25.1 Å². The van der Waals surface area contributed by atoms with E-state index in [-0.39, 0.29) is 12.5 Å². The second kappa shape index (κ2) is 10.3. The molecule has 4 heteroatoms. The summed E-state index contributed by atoms with van der Waals surface area (Å²) in [6.45, 7) is 3.28. The van der Waals surface area contributed by atoms with Crippen molar-refractivity contribution in [2.24, 2.45) is 0 Å². The van der Waals surface area contributed by atoms with Crippen LogP contribution in [0.2, 0.25) is 0 Å². The number of hydrogen-bond acceptors (Lipinski definition) is 3. The molecule has 0 atom stereocenters. The smallest absolute Gasteiger partial charge is 0.257 e. The molecule has 0 heterocycles. The van der Waals surface area contributed by atoms with Gasteiger partial charge in [-0.25, -0.2) is 0 Å². The number of benzene rings is 2. The highest BCUT2D eigenvalue weighted by atomic mass is 16.5. The number of nitrogens with one attached hydrogen (secondary N) is 1. The highest BCUT2D eigenvalue weighted by Crippen LogP contribution is 2.17. The van der Waals surface area contributed by atoms with Crippen LogP contribution < -0.4 is 14.8 Å². The molecule has 0 aliphatic rings. The number of carbonyl (C=O) groups excluding carboxylic acids is 1. The quantitative estimate of drug-likeness (QED) is 0.678. The highest BCUT2D eigenvalue weighted by molar-refractivity contribution is 5.77. The van der Waals surface area contributed by atoms with Gasteiger partial charge in [0.15, 0.2) is 6.61 Å². The fourth-order valence-corrected chi connectivity index (χ4v) is 2.33. The molecule has 0 saturated heterocycles. The molecule has 0 unspecified atom stereocenters. The molecule has 0 aliphatic carbocycles. The first kappa shape index (κ1) is 17.9. The van der Waals surface area contributed by atoms with Crippen molar-refractivity contribution in [2.45, 2.75) is 26.2 Å². The molecule has 0 saturated carbocycles. The minimum absolute atomic E-state index is 0.0344. The van der Waals surface area contributed by atoms with Crippen LogP contribution in [0, 0.1) is 0 Å². The van der Waals surface area contributed by atoms with Crippen LogP contribution in [-0.2, 0) is 11.2 Å². The van der Waals surface area contributed by atoms with Crippen molar-refractivity contribution in [1.82, 2.24) is 5.32 Å². The topological polar surface area (TPSA) is 47.6 Å². The lowest BCUT2D eigenvalue weighted by Gasteiger charge is -2.08. The SMILES string of the molecule is CCOc1ccc(OCC(=O)NCCCCc2ccccc2)cc1. The standard InChI is InChI=1S/C20H25NO3/c1-2-23-18-11-13-19(14-12-18)24-16-20(22)21-15-7-6-10-17-8-4-3-5-9-17/h3-5,8-9,11-14H,2,6-7,10,15-16H2,1H3,(H,21,22). The van der Waals surface area contributed by atoms with Crippen LogP contribution in [0.25, 0.3) is 0 Å². The third kappa shape index (κ3) is 6.73. The van der Waals surface area contributed by atoms with Gasteiger partial charge in [0, 0.05) is 6.54 Å². The van der Waals surface area contributed by atoms with Crippen LogP contribution >= 0.6 is 0 Å². The Morgan fingerprint density at radius 1 is 0.917 bits per heavy atom. The summed E-state index contributed by atoms with van der Waals surface area (Å²) in [5, 5.41) is 2.88. The Kier molecular flexibility index (Phi) is 7.68. The van der Waals surface area contributed by atoms with E-state index in [0.29, 0.717) is 18.9 Å². The maximum atomic E-state index is 11.8. The summed E-state index contributed by atoms with van der Waals surface area (Å²) in [5.41, 5.74) is 1.34. The van der Waals surface area contributed by atoms with Crippen molar-refractivity contribution < 1.29 is 14.3 Å². The van der Waals surface area contributed by atoms with Crippen molar-refractivity contribution in [3.05, 3.63) is 60.2 Å². The molecule has 0 spiro atoms. The molecule has 0 aliphatic heterocycles. The molecule has 2 aromatic carbocycles. The molecule has 0 radical (unpaired) electrons. The first-order valence-electron chi connectivity index (χ1n) is 8.44. The average molecular weight is 327 g/mol. The van der Waals surface area contributed by atoms with E-state index in [9.17, 15) is 4.79 Å².